The molecule has 1 N–H and O–H groups in total. The number of likely N-dealkylation sites (tertiary alicyclic amines) is 1. The number of carbonyl (C=O) groups excluding carboxylic acids is 1. The van der Waals surface area contributed by atoms with E-state index in [4.69, 9.17) is 4.74 Å². The number of carbonyl (C=O) groups is 1. The van der Waals surface area contributed by atoms with Crippen molar-refractivity contribution in [3.8, 4) is 5.75 Å². The lowest BCUT2D eigenvalue weighted by Gasteiger charge is -2.28. The van der Waals surface area contributed by atoms with Crippen LogP contribution in [0.2, 0.25) is 0 Å². The van der Waals surface area contributed by atoms with Crippen molar-refractivity contribution < 1.29 is 17.9 Å². The summed E-state index contributed by atoms with van der Waals surface area (Å²) in [6, 6.07) is 4.79. The molecule has 2 aliphatic rings. The number of rotatable bonds is 4. The van der Waals surface area contributed by atoms with Gasteiger partial charge in [0, 0.05) is 11.6 Å². The molecule has 2 atom stereocenters. The number of methoxy groups -OCH3 is 1. The van der Waals surface area contributed by atoms with E-state index in [0.29, 0.717) is 11.3 Å². The van der Waals surface area contributed by atoms with Crippen molar-refractivity contribution in [1.82, 2.24) is 10.2 Å². The first-order valence-electron chi connectivity index (χ1n) is 8.29. The topological polar surface area (TPSA) is 75.7 Å². The molecule has 7 heteroatoms. The highest BCUT2D eigenvalue weighted by molar-refractivity contribution is 7.91. The van der Waals surface area contributed by atoms with Crippen LogP contribution in [0.3, 0.4) is 0 Å². The van der Waals surface area contributed by atoms with E-state index < -0.39 is 9.84 Å². The molecule has 2 saturated heterocycles. The molecule has 24 heavy (non-hydrogen) atoms. The van der Waals surface area contributed by atoms with Gasteiger partial charge in [0.25, 0.3) is 5.91 Å². The number of aryl methyl sites for hydroxylation is 1. The molecule has 1 aromatic carbocycles. The summed E-state index contributed by atoms with van der Waals surface area (Å²) in [4.78, 5) is 14.8. The van der Waals surface area contributed by atoms with E-state index >= 15 is 0 Å². The molecule has 0 aliphatic carbocycles. The third-order valence-corrected chi connectivity index (χ3v) is 6.64. The summed E-state index contributed by atoms with van der Waals surface area (Å²) in [5.41, 5.74) is 1.44. The van der Waals surface area contributed by atoms with E-state index in [1.807, 2.05) is 13.0 Å². The second-order valence-corrected chi connectivity index (χ2v) is 8.81. The van der Waals surface area contributed by atoms with Crippen LogP contribution in [0.5, 0.6) is 5.75 Å². The lowest BCUT2D eigenvalue weighted by atomic mass is 10.1. The summed E-state index contributed by atoms with van der Waals surface area (Å²) < 4.78 is 29.4. The van der Waals surface area contributed by atoms with Crippen molar-refractivity contribution in [3.63, 3.8) is 0 Å². The Hall–Kier alpha value is -1.60. The molecule has 2 heterocycles. The maximum Gasteiger partial charge on any atom is 0.251 e. The molecule has 0 spiro atoms. The van der Waals surface area contributed by atoms with E-state index in [2.05, 4.69) is 10.2 Å². The number of sulfone groups is 1. The number of hydrogen-bond donors (Lipinski definition) is 1. The van der Waals surface area contributed by atoms with Crippen molar-refractivity contribution in [2.75, 3.05) is 31.7 Å². The highest BCUT2D eigenvalue weighted by Crippen LogP contribution is 2.24. The Morgan fingerprint density at radius 1 is 1.25 bits per heavy atom. The number of hydrogen-bond acceptors (Lipinski definition) is 5. The maximum absolute atomic E-state index is 12.6. The first kappa shape index (κ1) is 17.2. The first-order chi connectivity index (χ1) is 11.4. The third-order valence-electron chi connectivity index (χ3n) is 4.92. The zero-order valence-electron chi connectivity index (χ0n) is 14.1. The van der Waals surface area contributed by atoms with Gasteiger partial charge in [-0.3, -0.25) is 9.69 Å². The molecule has 132 valence electrons. The lowest BCUT2D eigenvalue weighted by molar-refractivity contribution is 0.0918. The van der Waals surface area contributed by atoms with Gasteiger partial charge in [-0.1, -0.05) is 6.07 Å². The second kappa shape index (κ2) is 6.72. The molecular formula is C17H24N2O4S. The van der Waals surface area contributed by atoms with Crippen LogP contribution < -0.4 is 10.1 Å². The minimum absolute atomic E-state index is 0.0168. The van der Waals surface area contributed by atoms with Gasteiger partial charge in [-0.2, -0.15) is 0 Å². The first-order valence-corrected chi connectivity index (χ1v) is 10.1. The van der Waals surface area contributed by atoms with Crippen molar-refractivity contribution in [2.24, 2.45) is 0 Å². The fourth-order valence-electron chi connectivity index (χ4n) is 3.61. The molecule has 0 unspecified atom stereocenters. The fourth-order valence-corrected chi connectivity index (χ4v) is 5.57. The molecule has 6 nitrogen and oxygen atoms in total. The third kappa shape index (κ3) is 3.57. The number of benzene rings is 1. The van der Waals surface area contributed by atoms with Crippen molar-refractivity contribution in [2.45, 2.75) is 31.8 Å². The number of ether oxygens (including phenoxy) is 1. The quantitative estimate of drug-likeness (QED) is 0.875. The smallest absolute Gasteiger partial charge is 0.251 e. The van der Waals surface area contributed by atoms with E-state index in [-0.39, 0.29) is 29.5 Å². The molecule has 3 rings (SSSR count). The van der Waals surface area contributed by atoms with Gasteiger partial charge in [0.1, 0.15) is 5.75 Å². The average Bonchev–Trinajstić information content (AvgIpc) is 3.15. The monoisotopic (exact) mass is 352 g/mol. The van der Waals surface area contributed by atoms with Crippen LogP contribution in [0.1, 0.15) is 28.8 Å². The maximum atomic E-state index is 12.6. The molecular weight excluding hydrogens is 328 g/mol. The summed E-state index contributed by atoms with van der Waals surface area (Å²) in [5, 5.41) is 2.93. The molecule has 0 radical (unpaired) electrons. The average molecular weight is 352 g/mol. The largest absolute Gasteiger partial charge is 0.496 e. The van der Waals surface area contributed by atoms with Crippen LogP contribution in [0, 0.1) is 6.92 Å². The Labute approximate surface area is 143 Å². The Bertz CT molecular complexity index is 726. The van der Waals surface area contributed by atoms with Crippen molar-refractivity contribution in [3.05, 3.63) is 29.3 Å². The lowest BCUT2D eigenvalue weighted by Crippen LogP contribution is -2.50. The molecule has 0 aromatic heterocycles. The normalized spacial score (nSPS) is 26.4. The summed E-state index contributed by atoms with van der Waals surface area (Å²) in [6.45, 7) is 3.73. The molecule has 2 fully saturated rings. The Kier molecular flexibility index (Phi) is 4.83. The fraction of sp³-hybridized carbons (Fsp3) is 0.588. The van der Waals surface area contributed by atoms with E-state index in [1.165, 1.54) is 0 Å². The minimum atomic E-state index is -3.11. The van der Waals surface area contributed by atoms with E-state index in [9.17, 15) is 13.2 Å². The van der Waals surface area contributed by atoms with Crippen molar-refractivity contribution >= 4 is 15.7 Å². The van der Waals surface area contributed by atoms with Crippen LogP contribution in [0.4, 0.5) is 0 Å². The highest BCUT2D eigenvalue weighted by atomic mass is 32.2. The van der Waals surface area contributed by atoms with Gasteiger partial charge in [0.2, 0.25) is 0 Å². The molecule has 1 aromatic rings. The Morgan fingerprint density at radius 2 is 1.96 bits per heavy atom. The number of nitrogens with zero attached hydrogens (tertiary/aromatic N) is 1. The second-order valence-electron chi connectivity index (χ2n) is 6.65. The SMILES string of the molecule is COc1cc(C(=O)N[C@H]2CS(=O)(=O)C[C@H]2N2CCCC2)ccc1C. The van der Waals surface area contributed by atoms with Crippen molar-refractivity contribution in [1.29, 1.82) is 0 Å². The van der Waals surface area contributed by atoms with Gasteiger partial charge < -0.3 is 10.1 Å². The zero-order valence-corrected chi connectivity index (χ0v) is 14.9. The van der Waals surface area contributed by atoms with Crippen LogP contribution in [-0.4, -0.2) is 63.0 Å². The number of amides is 1. The summed E-state index contributed by atoms with van der Waals surface area (Å²) in [6.07, 6.45) is 2.18. The highest BCUT2D eigenvalue weighted by Gasteiger charge is 2.42. The van der Waals surface area contributed by atoms with Gasteiger partial charge >= 0.3 is 0 Å². The number of nitrogens with one attached hydrogen (secondary N) is 1. The van der Waals surface area contributed by atoms with Crippen LogP contribution in [0.25, 0.3) is 0 Å². The van der Waals surface area contributed by atoms with Gasteiger partial charge in [-0.25, -0.2) is 8.42 Å². The predicted octanol–water partition coefficient (Wildman–Crippen LogP) is 0.995. The predicted molar refractivity (Wildman–Crippen MR) is 92.2 cm³/mol. The molecule has 0 bridgehead atoms. The standard InChI is InChI=1S/C17H24N2O4S/c1-12-5-6-13(9-16(12)23-2)17(20)18-14-10-24(21,22)11-15(14)19-7-3-4-8-19/h5-6,9,14-15H,3-4,7-8,10-11H2,1-2H3,(H,18,20)/t14-,15+/m0/s1. The van der Waals surface area contributed by atoms with Gasteiger partial charge in [-0.15, -0.1) is 0 Å². The Balaban J connectivity index is 1.76. The molecule has 0 saturated carbocycles. The zero-order chi connectivity index (χ0) is 17.3. The van der Waals surface area contributed by atoms with E-state index in [0.717, 1.165) is 31.5 Å². The van der Waals surface area contributed by atoms with Crippen LogP contribution in [-0.2, 0) is 9.84 Å². The summed E-state index contributed by atoms with van der Waals surface area (Å²) in [5.74, 6) is 0.551. The van der Waals surface area contributed by atoms with Crippen LogP contribution in [0.15, 0.2) is 18.2 Å². The molecule has 1 amide bonds. The van der Waals surface area contributed by atoms with Crippen LogP contribution >= 0.6 is 0 Å². The van der Waals surface area contributed by atoms with E-state index in [1.54, 1.807) is 19.2 Å². The van der Waals surface area contributed by atoms with Gasteiger partial charge in [0.15, 0.2) is 9.84 Å². The summed E-state index contributed by atoms with van der Waals surface area (Å²) >= 11 is 0. The Morgan fingerprint density at radius 3 is 2.62 bits per heavy atom. The van der Waals surface area contributed by atoms with Gasteiger partial charge in [0.05, 0.1) is 24.7 Å². The molecule has 2 aliphatic heterocycles. The minimum Gasteiger partial charge on any atom is -0.496 e. The van der Waals surface area contributed by atoms with Gasteiger partial charge in [-0.05, 0) is 50.6 Å². The summed E-state index contributed by atoms with van der Waals surface area (Å²) in [7, 11) is -1.54.